The zero-order chi connectivity index (χ0) is 18.9. The summed E-state index contributed by atoms with van der Waals surface area (Å²) in [4.78, 5) is 23.0. The highest BCUT2D eigenvalue weighted by Crippen LogP contribution is 2.30. The molecule has 7 nitrogen and oxygen atoms in total. The number of nitrogens with one attached hydrogen (secondary N) is 1. The van der Waals surface area contributed by atoms with Crippen LogP contribution >= 0.6 is 0 Å². The van der Waals surface area contributed by atoms with Crippen molar-refractivity contribution in [3.05, 3.63) is 30.1 Å². The molecule has 1 aromatic carbocycles. The van der Waals surface area contributed by atoms with E-state index in [9.17, 15) is 10.1 Å². The Morgan fingerprint density at radius 1 is 1.27 bits per heavy atom. The van der Waals surface area contributed by atoms with Gasteiger partial charge in [0.25, 0.3) is 0 Å². The van der Waals surface area contributed by atoms with Gasteiger partial charge >= 0.3 is 6.09 Å². The van der Waals surface area contributed by atoms with Crippen LogP contribution in [0.2, 0.25) is 0 Å². The van der Waals surface area contributed by atoms with E-state index < -0.39 is 11.7 Å². The van der Waals surface area contributed by atoms with E-state index in [1.807, 2.05) is 26.8 Å². The van der Waals surface area contributed by atoms with Crippen LogP contribution in [0, 0.1) is 17.2 Å². The number of carbonyl (C=O) groups is 1. The van der Waals surface area contributed by atoms with Gasteiger partial charge in [0.1, 0.15) is 22.7 Å². The number of amides is 1. The molecule has 136 valence electrons. The lowest BCUT2D eigenvalue weighted by molar-refractivity contribution is 0.0499. The summed E-state index contributed by atoms with van der Waals surface area (Å²) < 4.78 is 5.36. The van der Waals surface area contributed by atoms with Crippen LogP contribution in [-0.4, -0.2) is 40.8 Å². The summed E-state index contributed by atoms with van der Waals surface area (Å²) >= 11 is 0. The van der Waals surface area contributed by atoms with Crippen LogP contribution in [0.25, 0.3) is 11.0 Å². The van der Waals surface area contributed by atoms with Gasteiger partial charge in [0, 0.05) is 25.5 Å². The lowest BCUT2D eigenvalue weighted by Crippen LogP contribution is -2.42. The molecule has 2 heterocycles. The first-order chi connectivity index (χ1) is 12.3. The van der Waals surface area contributed by atoms with Gasteiger partial charge in [0.05, 0.1) is 17.3 Å². The van der Waals surface area contributed by atoms with E-state index in [-0.39, 0.29) is 12.0 Å². The van der Waals surface area contributed by atoms with Crippen LogP contribution in [0.3, 0.4) is 0 Å². The Hall–Kier alpha value is -2.88. The van der Waals surface area contributed by atoms with E-state index >= 15 is 0 Å². The molecule has 2 unspecified atom stereocenters. The molecule has 1 saturated heterocycles. The number of nitriles is 1. The Labute approximate surface area is 153 Å². The molecule has 26 heavy (non-hydrogen) atoms. The minimum atomic E-state index is -0.523. The average Bonchev–Trinajstić information content (AvgIpc) is 2.92. The largest absolute Gasteiger partial charge is 0.444 e. The molecule has 1 aliphatic heterocycles. The van der Waals surface area contributed by atoms with Gasteiger partial charge in [-0.2, -0.15) is 5.26 Å². The highest BCUT2D eigenvalue weighted by atomic mass is 16.6. The van der Waals surface area contributed by atoms with Gasteiger partial charge in [-0.05, 0) is 38.8 Å². The molecule has 0 saturated carbocycles. The van der Waals surface area contributed by atoms with Crippen molar-refractivity contribution < 1.29 is 9.53 Å². The first-order valence-corrected chi connectivity index (χ1v) is 8.67. The average molecular weight is 353 g/mol. The third-order valence-electron chi connectivity index (χ3n) is 4.38. The summed E-state index contributed by atoms with van der Waals surface area (Å²) in [5.74, 6) is 0.255. The van der Waals surface area contributed by atoms with Crippen LogP contribution in [-0.2, 0) is 4.74 Å². The Morgan fingerprint density at radius 3 is 2.62 bits per heavy atom. The summed E-state index contributed by atoms with van der Waals surface area (Å²) in [6, 6.07) is 5.81. The summed E-state index contributed by atoms with van der Waals surface area (Å²) in [5, 5.41) is 12.2. The van der Waals surface area contributed by atoms with Gasteiger partial charge in [-0.3, -0.25) is 9.97 Å². The monoisotopic (exact) mass is 353 g/mol. The van der Waals surface area contributed by atoms with Crippen molar-refractivity contribution in [1.82, 2.24) is 15.3 Å². The normalized spacial score (nSPS) is 20.0. The number of benzene rings is 1. The van der Waals surface area contributed by atoms with Crippen LogP contribution in [0.1, 0.15) is 33.3 Å². The SMILES string of the molecule is CC1CN(c2ccc(C#N)c3nccnc23)CC1NC(=O)OC(C)(C)C. The van der Waals surface area contributed by atoms with Gasteiger partial charge in [-0.15, -0.1) is 0 Å². The second-order valence-electron chi connectivity index (χ2n) is 7.63. The van der Waals surface area contributed by atoms with Crippen LogP contribution in [0.4, 0.5) is 10.5 Å². The fraction of sp³-hybridized carbons (Fsp3) is 0.474. The molecular formula is C19H23N5O2. The molecule has 1 fully saturated rings. The van der Waals surface area contributed by atoms with Gasteiger partial charge in [0.2, 0.25) is 0 Å². The minimum Gasteiger partial charge on any atom is -0.444 e. The van der Waals surface area contributed by atoms with E-state index in [1.54, 1.807) is 18.5 Å². The van der Waals surface area contributed by atoms with Crippen molar-refractivity contribution in [1.29, 1.82) is 5.26 Å². The molecule has 1 N–H and O–H groups in total. The standard InChI is InChI=1S/C19H23N5O2/c1-12-10-24(11-14(12)23-18(25)26-19(2,3)4)15-6-5-13(9-20)16-17(15)22-8-7-21-16/h5-8,12,14H,10-11H2,1-4H3,(H,23,25). The van der Waals surface area contributed by atoms with Crippen molar-refractivity contribution in [2.75, 3.05) is 18.0 Å². The molecule has 1 aliphatic rings. The van der Waals surface area contributed by atoms with Gasteiger partial charge in [0.15, 0.2) is 0 Å². The first kappa shape index (κ1) is 17.9. The molecule has 1 aromatic heterocycles. The minimum absolute atomic E-state index is 0.0211. The number of nitrogens with zero attached hydrogens (tertiary/aromatic N) is 4. The van der Waals surface area contributed by atoms with Crippen LogP contribution < -0.4 is 10.2 Å². The molecule has 0 radical (unpaired) electrons. The lowest BCUT2D eigenvalue weighted by Gasteiger charge is -2.23. The van der Waals surface area contributed by atoms with E-state index in [0.29, 0.717) is 23.1 Å². The summed E-state index contributed by atoms with van der Waals surface area (Å²) in [7, 11) is 0. The lowest BCUT2D eigenvalue weighted by atomic mass is 10.1. The zero-order valence-corrected chi connectivity index (χ0v) is 15.5. The van der Waals surface area contributed by atoms with Gasteiger partial charge in [-0.25, -0.2) is 4.79 Å². The Morgan fingerprint density at radius 2 is 1.96 bits per heavy atom. The summed E-state index contributed by atoms with van der Waals surface area (Å²) in [6.45, 7) is 9.06. The molecular weight excluding hydrogens is 330 g/mol. The van der Waals surface area contributed by atoms with E-state index in [0.717, 1.165) is 12.2 Å². The number of carbonyl (C=O) groups excluding carboxylic acids is 1. The Balaban J connectivity index is 1.81. The maximum Gasteiger partial charge on any atom is 0.407 e. The number of fused-ring (bicyclic) bond motifs is 1. The zero-order valence-electron chi connectivity index (χ0n) is 15.5. The van der Waals surface area contributed by atoms with Crippen molar-refractivity contribution in [2.24, 2.45) is 5.92 Å². The maximum absolute atomic E-state index is 12.1. The fourth-order valence-corrected chi connectivity index (χ4v) is 3.20. The Bertz CT molecular complexity index is 868. The number of anilines is 1. The molecule has 0 aliphatic carbocycles. The molecule has 2 atom stereocenters. The quantitative estimate of drug-likeness (QED) is 0.893. The highest BCUT2D eigenvalue weighted by Gasteiger charge is 2.33. The molecule has 3 rings (SSSR count). The van der Waals surface area contributed by atoms with Gasteiger partial charge < -0.3 is 15.0 Å². The predicted molar refractivity (Wildman–Crippen MR) is 98.8 cm³/mol. The number of hydrogen-bond acceptors (Lipinski definition) is 6. The van der Waals surface area contributed by atoms with E-state index in [1.165, 1.54) is 0 Å². The summed E-state index contributed by atoms with van der Waals surface area (Å²) in [5.41, 5.74) is 2.21. The van der Waals surface area contributed by atoms with Gasteiger partial charge in [-0.1, -0.05) is 6.92 Å². The molecule has 1 amide bonds. The predicted octanol–water partition coefficient (Wildman–Crippen LogP) is 2.85. The van der Waals surface area contributed by atoms with E-state index in [2.05, 4.69) is 33.2 Å². The van der Waals surface area contributed by atoms with Crippen LogP contribution in [0.15, 0.2) is 24.5 Å². The Kier molecular flexibility index (Phi) is 4.68. The molecule has 2 aromatic rings. The number of aromatic nitrogens is 2. The second kappa shape index (κ2) is 6.79. The number of alkyl carbamates (subject to hydrolysis) is 1. The van der Waals surface area contributed by atoms with Crippen molar-refractivity contribution >= 4 is 22.8 Å². The summed E-state index contributed by atoms with van der Waals surface area (Å²) in [6.07, 6.45) is 2.82. The highest BCUT2D eigenvalue weighted by molar-refractivity contribution is 5.92. The second-order valence-corrected chi connectivity index (χ2v) is 7.63. The maximum atomic E-state index is 12.1. The first-order valence-electron chi connectivity index (χ1n) is 8.67. The van der Waals surface area contributed by atoms with Crippen molar-refractivity contribution in [2.45, 2.75) is 39.3 Å². The number of hydrogen-bond donors (Lipinski definition) is 1. The van der Waals surface area contributed by atoms with Crippen molar-refractivity contribution in [3.8, 4) is 6.07 Å². The molecule has 7 heteroatoms. The third-order valence-corrected chi connectivity index (χ3v) is 4.38. The number of ether oxygens (including phenoxy) is 1. The van der Waals surface area contributed by atoms with E-state index in [4.69, 9.17) is 4.74 Å². The molecule has 0 spiro atoms. The number of rotatable bonds is 2. The fourth-order valence-electron chi connectivity index (χ4n) is 3.20. The molecule has 0 bridgehead atoms. The third kappa shape index (κ3) is 3.69. The smallest absolute Gasteiger partial charge is 0.407 e. The van der Waals surface area contributed by atoms with Crippen molar-refractivity contribution in [3.63, 3.8) is 0 Å². The topological polar surface area (TPSA) is 91.1 Å². The van der Waals surface area contributed by atoms with Crippen LogP contribution in [0.5, 0.6) is 0 Å².